The van der Waals surface area contributed by atoms with E-state index in [1.165, 1.54) is 11.1 Å². The van der Waals surface area contributed by atoms with Gasteiger partial charge in [-0.15, -0.1) is 0 Å². The van der Waals surface area contributed by atoms with Crippen LogP contribution in [0.15, 0.2) is 36.5 Å². The van der Waals surface area contributed by atoms with Crippen LogP contribution in [0, 0.1) is 0 Å². The fourth-order valence-corrected chi connectivity index (χ4v) is 3.07. The Morgan fingerprint density at radius 2 is 1.88 bits per heavy atom. The molecule has 0 spiro atoms. The second-order valence-corrected chi connectivity index (χ2v) is 8.03. The van der Waals surface area contributed by atoms with E-state index in [1.807, 2.05) is 6.20 Å². The van der Waals surface area contributed by atoms with Crippen LogP contribution >= 0.6 is 0 Å². The van der Waals surface area contributed by atoms with Gasteiger partial charge in [0, 0.05) is 24.4 Å². The third kappa shape index (κ3) is 5.48. The van der Waals surface area contributed by atoms with Gasteiger partial charge < -0.3 is 10.1 Å². The minimum atomic E-state index is 0.112. The van der Waals surface area contributed by atoms with Crippen LogP contribution in [0.3, 0.4) is 0 Å². The lowest BCUT2D eigenvalue weighted by Gasteiger charge is -2.24. The number of ether oxygens (including phenoxy) is 1. The van der Waals surface area contributed by atoms with Crippen LogP contribution in [-0.4, -0.2) is 18.1 Å². The van der Waals surface area contributed by atoms with E-state index in [9.17, 15) is 0 Å². The average Bonchev–Trinajstić information content (AvgIpc) is 2.62. The first kappa shape index (κ1) is 20.3. The summed E-state index contributed by atoms with van der Waals surface area (Å²) in [6.07, 6.45) is 6.21. The monoisotopic (exact) mass is 354 g/mol. The lowest BCUT2D eigenvalue weighted by Crippen LogP contribution is -2.23. The maximum absolute atomic E-state index is 5.57. The van der Waals surface area contributed by atoms with Gasteiger partial charge >= 0.3 is 0 Å². The number of rotatable bonds is 8. The lowest BCUT2D eigenvalue weighted by molar-refractivity contribution is 0.415. The molecule has 26 heavy (non-hydrogen) atoms. The third-order valence-electron chi connectivity index (χ3n) is 4.80. The normalized spacial score (nSPS) is 12.7. The number of hydrogen-bond donors (Lipinski definition) is 1. The number of methoxy groups -OCH3 is 1. The first-order valence-corrected chi connectivity index (χ1v) is 9.76. The Labute approximate surface area is 159 Å². The molecule has 0 saturated carbocycles. The van der Waals surface area contributed by atoms with Gasteiger partial charge in [0.15, 0.2) is 0 Å². The summed E-state index contributed by atoms with van der Waals surface area (Å²) in [6.45, 7) is 11.1. The summed E-state index contributed by atoms with van der Waals surface area (Å²) in [5.41, 5.74) is 4.93. The van der Waals surface area contributed by atoms with Gasteiger partial charge in [-0.3, -0.25) is 4.98 Å². The summed E-state index contributed by atoms with van der Waals surface area (Å²) in [5.74, 6) is 0.891. The maximum atomic E-state index is 5.57. The molecule has 0 radical (unpaired) electrons. The van der Waals surface area contributed by atoms with E-state index in [0.29, 0.717) is 6.04 Å². The smallest absolute Gasteiger partial charge is 0.141 e. The largest absolute Gasteiger partial charge is 0.495 e. The Balaban J connectivity index is 2.16. The summed E-state index contributed by atoms with van der Waals surface area (Å²) in [6, 6.07) is 11.1. The predicted octanol–water partition coefficient (Wildman–Crippen LogP) is 5.77. The van der Waals surface area contributed by atoms with Crippen LogP contribution in [-0.2, 0) is 18.3 Å². The van der Waals surface area contributed by atoms with E-state index in [0.717, 1.165) is 42.8 Å². The molecule has 0 aliphatic carbocycles. The van der Waals surface area contributed by atoms with Gasteiger partial charge in [-0.1, -0.05) is 53.2 Å². The Morgan fingerprint density at radius 1 is 1.12 bits per heavy atom. The van der Waals surface area contributed by atoms with Crippen molar-refractivity contribution in [2.75, 3.05) is 12.4 Å². The number of hydrogen-bond acceptors (Lipinski definition) is 3. The quantitative estimate of drug-likeness (QED) is 0.653. The minimum absolute atomic E-state index is 0.112. The molecule has 1 aromatic heterocycles. The summed E-state index contributed by atoms with van der Waals surface area (Å²) in [5, 5.41) is 3.68. The lowest BCUT2D eigenvalue weighted by atomic mass is 9.86. The zero-order valence-electron chi connectivity index (χ0n) is 17.2. The SMILES string of the molecule is CCCc1ccc(CC(CC)Nc2cc(C(C)(C)C)ccc2OC)nc1. The highest BCUT2D eigenvalue weighted by atomic mass is 16.5. The van der Waals surface area contributed by atoms with Crippen molar-refractivity contribution in [2.45, 2.75) is 71.8 Å². The zero-order valence-corrected chi connectivity index (χ0v) is 17.2. The van der Waals surface area contributed by atoms with E-state index >= 15 is 0 Å². The highest BCUT2D eigenvalue weighted by Crippen LogP contribution is 2.32. The zero-order chi connectivity index (χ0) is 19.2. The second-order valence-electron chi connectivity index (χ2n) is 8.03. The molecule has 1 unspecified atom stereocenters. The molecule has 1 aromatic carbocycles. The van der Waals surface area contributed by atoms with Crippen molar-refractivity contribution in [3.8, 4) is 5.75 Å². The van der Waals surface area contributed by atoms with E-state index in [1.54, 1.807) is 7.11 Å². The van der Waals surface area contributed by atoms with Crippen molar-refractivity contribution >= 4 is 5.69 Å². The Kier molecular flexibility index (Phi) is 7.07. The molecule has 0 fully saturated rings. The molecule has 142 valence electrons. The van der Waals surface area contributed by atoms with Gasteiger partial charge in [-0.2, -0.15) is 0 Å². The molecule has 1 atom stereocenters. The summed E-state index contributed by atoms with van der Waals surface area (Å²) >= 11 is 0. The second kappa shape index (κ2) is 9.07. The number of pyridine rings is 1. The number of aromatic nitrogens is 1. The van der Waals surface area contributed by atoms with Crippen molar-refractivity contribution in [1.82, 2.24) is 4.98 Å². The van der Waals surface area contributed by atoms with Crippen LogP contribution in [0.2, 0.25) is 0 Å². The van der Waals surface area contributed by atoms with Crippen molar-refractivity contribution < 1.29 is 4.74 Å². The van der Waals surface area contributed by atoms with E-state index in [-0.39, 0.29) is 5.41 Å². The minimum Gasteiger partial charge on any atom is -0.495 e. The van der Waals surface area contributed by atoms with Gasteiger partial charge in [-0.25, -0.2) is 0 Å². The Morgan fingerprint density at radius 3 is 2.42 bits per heavy atom. The van der Waals surface area contributed by atoms with Crippen LogP contribution < -0.4 is 10.1 Å². The summed E-state index contributed by atoms with van der Waals surface area (Å²) in [4.78, 5) is 4.65. The number of aryl methyl sites for hydroxylation is 1. The Bertz CT molecular complexity index is 686. The van der Waals surface area contributed by atoms with Crippen LogP contribution in [0.1, 0.15) is 64.3 Å². The molecule has 0 aliphatic rings. The first-order chi connectivity index (χ1) is 12.4. The van der Waals surface area contributed by atoms with Gasteiger partial charge in [0.2, 0.25) is 0 Å². The molecule has 0 amide bonds. The van der Waals surface area contributed by atoms with E-state index < -0.39 is 0 Å². The molecule has 3 nitrogen and oxygen atoms in total. The van der Waals surface area contributed by atoms with Crippen LogP contribution in [0.25, 0.3) is 0 Å². The van der Waals surface area contributed by atoms with E-state index in [4.69, 9.17) is 4.74 Å². The fourth-order valence-electron chi connectivity index (χ4n) is 3.07. The van der Waals surface area contributed by atoms with Gasteiger partial charge in [-0.05, 0) is 47.6 Å². The highest BCUT2D eigenvalue weighted by molar-refractivity contribution is 5.59. The van der Waals surface area contributed by atoms with Crippen LogP contribution in [0.5, 0.6) is 5.75 Å². The molecular formula is C23H34N2O. The molecule has 2 rings (SSSR count). The van der Waals surface area contributed by atoms with Gasteiger partial charge in [0.25, 0.3) is 0 Å². The average molecular weight is 355 g/mol. The van der Waals surface area contributed by atoms with Crippen molar-refractivity contribution in [1.29, 1.82) is 0 Å². The molecule has 1 N–H and O–H groups in total. The molecule has 3 heteroatoms. The van der Waals surface area contributed by atoms with Crippen molar-refractivity contribution in [2.24, 2.45) is 0 Å². The Hall–Kier alpha value is -2.03. The maximum Gasteiger partial charge on any atom is 0.141 e. The number of nitrogens with zero attached hydrogens (tertiary/aromatic N) is 1. The molecule has 0 bridgehead atoms. The van der Waals surface area contributed by atoms with Gasteiger partial charge in [0.1, 0.15) is 5.75 Å². The molecule has 0 aliphatic heterocycles. The number of benzene rings is 1. The summed E-state index contributed by atoms with van der Waals surface area (Å²) < 4.78 is 5.57. The molecule has 0 saturated heterocycles. The highest BCUT2D eigenvalue weighted by Gasteiger charge is 2.17. The molecule has 1 heterocycles. The fraction of sp³-hybridized carbons (Fsp3) is 0.522. The van der Waals surface area contributed by atoms with Crippen LogP contribution in [0.4, 0.5) is 5.69 Å². The predicted molar refractivity (Wildman–Crippen MR) is 111 cm³/mol. The number of nitrogens with one attached hydrogen (secondary N) is 1. The number of anilines is 1. The molecule has 2 aromatic rings. The topological polar surface area (TPSA) is 34.1 Å². The van der Waals surface area contributed by atoms with Gasteiger partial charge in [0.05, 0.1) is 12.8 Å². The first-order valence-electron chi connectivity index (χ1n) is 9.76. The standard InChI is InChI=1S/C23H34N2O/c1-7-9-17-10-12-20(24-16-17)15-19(8-2)25-21-14-18(23(3,4)5)11-13-22(21)26-6/h10-14,16,19,25H,7-9,15H2,1-6H3. The summed E-state index contributed by atoms with van der Waals surface area (Å²) in [7, 11) is 1.73. The van der Waals surface area contributed by atoms with Crippen molar-refractivity contribution in [3.05, 3.63) is 53.3 Å². The third-order valence-corrected chi connectivity index (χ3v) is 4.80. The van der Waals surface area contributed by atoms with E-state index in [2.05, 4.69) is 75.3 Å². The molecular weight excluding hydrogens is 320 g/mol. The van der Waals surface area contributed by atoms with Crippen molar-refractivity contribution in [3.63, 3.8) is 0 Å².